The molecule has 1 rings (SSSR count). The lowest BCUT2D eigenvalue weighted by molar-refractivity contribution is -0.667. The minimum Gasteiger partial charge on any atom is -1.00 e. The second-order valence-electron chi connectivity index (χ2n) is 4.28. The molecule has 0 saturated carbocycles. The molecular formula is C10H22ClN. The second-order valence-corrected chi connectivity index (χ2v) is 4.28. The predicted molar refractivity (Wildman–Crippen MR) is 48.5 cm³/mol. The van der Waals surface area contributed by atoms with Gasteiger partial charge in [0.1, 0.15) is 0 Å². The van der Waals surface area contributed by atoms with Crippen LogP contribution in [0.25, 0.3) is 0 Å². The highest BCUT2D eigenvalue weighted by molar-refractivity contribution is 4.75. The molecule has 2 N–H and O–H groups in total. The van der Waals surface area contributed by atoms with Crippen molar-refractivity contribution in [1.82, 2.24) is 0 Å². The Morgan fingerprint density at radius 2 is 1.83 bits per heavy atom. The summed E-state index contributed by atoms with van der Waals surface area (Å²) < 4.78 is 0. The molecule has 0 aromatic rings. The van der Waals surface area contributed by atoms with Gasteiger partial charge in [-0.15, -0.1) is 0 Å². The maximum atomic E-state index is 2.47. The molecule has 1 saturated heterocycles. The lowest BCUT2D eigenvalue weighted by Crippen LogP contribution is -3.00. The van der Waals surface area contributed by atoms with Crippen LogP contribution in [0.5, 0.6) is 0 Å². The molecule has 0 aliphatic carbocycles. The summed E-state index contributed by atoms with van der Waals surface area (Å²) in [6.07, 6.45) is 7.12. The highest BCUT2D eigenvalue weighted by Gasteiger charge is 2.27. The summed E-state index contributed by atoms with van der Waals surface area (Å²) in [6.45, 7) is 7.48. The van der Waals surface area contributed by atoms with Crippen molar-refractivity contribution in [2.45, 2.75) is 46.0 Å². The molecule has 0 unspecified atom stereocenters. The fourth-order valence-electron chi connectivity index (χ4n) is 2.02. The van der Waals surface area contributed by atoms with E-state index in [2.05, 4.69) is 19.2 Å². The monoisotopic (exact) mass is 191 g/mol. The smallest absolute Gasteiger partial charge is 0.0760 e. The number of halogens is 1. The van der Waals surface area contributed by atoms with Crippen LogP contribution in [0.3, 0.4) is 0 Å². The van der Waals surface area contributed by atoms with Gasteiger partial charge in [-0.3, -0.25) is 0 Å². The summed E-state index contributed by atoms with van der Waals surface area (Å²) in [6, 6.07) is 0. The van der Waals surface area contributed by atoms with Crippen LogP contribution >= 0.6 is 0 Å². The highest BCUT2D eigenvalue weighted by atomic mass is 35.5. The first-order chi connectivity index (χ1) is 5.27. The van der Waals surface area contributed by atoms with Gasteiger partial charge >= 0.3 is 0 Å². The highest BCUT2D eigenvalue weighted by Crippen LogP contribution is 2.31. The molecule has 1 fully saturated rings. The van der Waals surface area contributed by atoms with Gasteiger partial charge in [0, 0.05) is 12.8 Å². The maximum absolute atomic E-state index is 2.47. The van der Waals surface area contributed by atoms with E-state index >= 15 is 0 Å². The molecule has 1 nitrogen and oxygen atoms in total. The third-order valence-corrected chi connectivity index (χ3v) is 3.04. The van der Waals surface area contributed by atoms with Crippen molar-refractivity contribution in [1.29, 1.82) is 0 Å². The summed E-state index contributed by atoms with van der Waals surface area (Å²) in [7, 11) is 0. The number of rotatable bonds is 3. The zero-order valence-corrected chi connectivity index (χ0v) is 9.16. The fourth-order valence-corrected chi connectivity index (χ4v) is 2.02. The minimum atomic E-state index is 0. The molecule has 0 spiro atoms. The van der Waals surface area contributed by atoms with E-state index in [1.165, 1.54) is 45.2 Å². The van der Waals surface area contributed by atoms with Crippen molar-refractivity contribution < 1.29 is 17.7 Å². The number of nitrogens with two attached hydrogens (primary N) is 1. The first-order valence-electron chi connectivity index (χ1n) is 5.08. The van der Waals surface area contributed by atoms with Crippen molar-refractivity contribution in [3.05, 3.63) is 0 Å². The summed E-state index contributed by atoms with van der Waals surface area (Å²) in [5, 5.41) is 2.45. The van der Waals surface area contributed by atoms with E-state index in [1.807, 2.05) is 0 Å². The van der Waals surface area contributed by atoms with Crippen LogP contribution in [-0.4, -0.2) is 13.1 Å². The summed E-state index contributed by atoms with van der Waals surface area (Å²) >= 11 is 0. The molecule has 1 aliphatic heterocycles. The normalized spacial score (nSPS) is 21.5. The van der Waals surface area contributed by atoms with Crippen LogP contribution in [0.1, 0.15) is 46.0 Å². The SMILES string of the molecule is CCCCC1(C)CC[NH2+]CC1.[Cl-]. The number of quaternary nitrogens is 1. The standard InChI is InChI=1S/C10H21N.ClH/c1-3-4-5-10(2)6-8-11-9-7-10;/h11H,3-9H2,1-2H3;1H. The Morgan fingerprint density at radius 3 is 2.33 bits per heavy atom. The van der Waals surface area contributed by atoms with E-state index in [0.717, 1.165) is 0 Å². The van der Waals surface area contributed by atoms with Gasteiger partial charge in [0.2, 0.25) is 0 Å². The quantitative estimate of drug-likeness (QED) is 0.562. The molecule has 0 amide bonds. The number of hydrogen-bond acceptors (Lipinski definition) is 0. The van der Waals surface area contributed by atoms with E-state index < -0.39 is 0 Å². The molecule has 0 aromatic carbocycles. The van der Waals surface area contributed by atoms with Crippen LogP contribution < -0.4 is 17.7 Å². The zero-order chi connectivity index (χ0) is 8.16. The summed E-state index contributed by atoms with van der Waals surface area (Å²) in [5.41, 5.74) is 0.699. The Labute approximate surface area is 82.7 Å². The number of hydrogen-bond donors (Lipinski definition) is 1. The van der Waals surface area contributed by atoms with Gasteiger partial charge in [-0.05, 0) is 11.8 Å². The fraction of sp³-hybridized carbons (Fsp3) is 1.00. The second kappa shape index (κ2) is 5.82. The van der Waals surface area contributed by atoms with Gasteiger partial charge in [0.05, 0.1) is 13.1 Å². The Kier molecular flexibility index (Phi) is 5.94. The van der Waals surface area contributed by atoms with E-state index in [1.54, 1.807) is 0 Å². The Morgan fingerprint density at radius 1 is 1.25 bits per heavy atom. The minimum absolute atomic E-state index is 0. The molecule has 0 atom stereocenters. The molecule has 12 heavy (non-hydrogen) atoms. The summed E-state index contributed by atoms with van der Waals surface area (Å²) in [5.74, 6) is 0. The van der Waals surface area contributed by atoms with Crippen LogP contribution in [0.15, 0.2) is 0 Å². The third kappa shape index (κ3) is 3.77. The maximum Gasteiger partial charge on any atom is 0.0760 e. The van der Waals surface area contributed by atoms with Crippen LogP contribution in [-0.2, 0) is 0 Å². The first-order valence-corrected chi connectivity index (χ1v) is 5.08. The van der Waals surface area contributed by atoms with Crippen molar-refractivity contribution in [2.75, 3.05) is 13.1 Å². The van der Waals surface area contributed by atoms with Crippen LogP contribution in [0, 0.1) is 5.41 Å². The molecular weight excluding hydrogens is 170 g/mol. The van der Waals surface area contributed by atoms with Crippen molar-refractivity contribution in [2.24, 2.45) is 5.41 Å². The third-order valence-electron chi connectivity index (χ3n) is 3.04. The predicted octanol–water partition coefficient (Wildman–Crippen LogP) is -1.46. The molecule has 2 heteroatoms. The van der Waals surface area contributed by atoms with E-state index in [9.17, 15) is 0 Å². The van der Waals surface area contributed by atoms with Gasteiger partial charge in [-0.1, -0.05) is 26.7 Å². The number of piperidine rings is 1. The van der Waals surface area contributed by atoms with Gasteiger partial charge in [-0.2, -0.15) is 0 Å². The van der Waals surface area contributed by atoms with Crippen molar-refractivity contribution in [3.8, 4) is 0 Å². The van der Waals surface area contributed by atoms with Gasteiger partial charge in [0.25, 0.3) is 0 Å². The van der Waals surface area contributed by atoms with Crippen molar-refractivity contribution in [3.63, 3.8) is 0 Å². The lowest BCUT2D eigenvalue weighted by Gasteiger charge is -2.31. The van der Waals surface area contributed by atoms with E-state index in [4.69, 9.17) is 0 Å². The summed E-state index contributed by atoms with van der Waals surface area (Å²) in [4.78, 5) is 0. The van der Waals surface area contributed by atoms with E-state index in [0.29, 0.717) is 5.41 Å². The average Bonchev–Trinajstić information content (AvgIpc) is 2.03. The lowest BCUT2D eigenvalue weighted by atomic mass is 9.77. The van der Waals surface area contributed by atoms with Gasteiger partial charge < -0.3 is 17.7 Å². The van der Waals surface area contributed by atoms with Gasteiger partial charge in [-0.25, -0.2) is 0 Å². The molecule has 1 aliphatic rings. The van der Waals surface area contributed by atoms with Crippen LogP contribution in [0.4, 0.5) is 0 Å². The van der Waals surface area contributed by atoms with Crippen LogP contribution in [0.2, 0.25) is 0 Å². The zero-order valence-electron chi connectivity index (χ0n) is 8.41. The molecule has 0 radical (unpaired) electrons. The van der Waals surface area contributed by atoms with Gasteiger partial charge in [0.15, 0.2) is 0 Å². The largest absolute Gasteiger partial charge is 1.00 e. The Hall–Kier alpha value is 0.250. The molecule has 0 aromatic heterocycles. The topological polar surface area (TPSA) is 16.6 Å². The molecule has 1 heterocycles. The van der Waals surface area contributed by atoms with E-state index in [-0.39, 0.29) is 12.4 Å². The number of unbranched alkanes of at least 4 members (excludes halogenated alkanes) is 1. The molecule has 74 valence electrons. The molecule has 0 bridgehead atoms. The Balaban J connectivity index is 0.00000121. The Bertz CT molecular complexity index is 108. The first kappa shape index (κ1) is 12.2. The average molecular weight is 192 g/mol. The van der Waals surface area contributed by atoms with Crippen molar-refractivity contribution >= 4 is 0 Å².